The van der Waals surface area contributed by atoms with Crippen LogP contribution in [0.15, 0.2) is 24.0 Å². The van der Waals surface area contributed by atoms with E-state index >= 15 is 0 Å². The lowest BCUT2D eigenvalue weighted by Crippen LogP contribution is -2.28. The molecule has 0 saturated carbocycles. The van der Waals surface area contributed by atoms with Gasteiger partial charge in [0.2, 0.25) is 0 Å². The van der Waals surface area contributed by atoms with Gasteiger partial charge in [0.15, 0.2) is 0 Å². The molecule has 0 rings (SSSR count). The van der Waals surface area contributed by atoms with Crippen molar-refractivity contribution < 1.29 is 9.53 Å². The van der Waals surface area contributed by atoms with Crippen LogP contribution in [0.1, 0.15) is 26.7 Å². The zero-order valence-electron chi connectivity index (χ0n) is 10.9. The molecule has 0 aliphatic heterocycles. The van der Waals surface area contributed by atoms with Crippen molar-refractivity contribution in [2.24, 2.45) is 0 Å². The van der Waals surface area contributed by atoms with Crippen LogP contribution in [0.3, 0.4) is 0 Å². The number of carbonyl (C=O) groups excluding carboxylic acids is 1. The van der Waals surface area contributed by atoms with Gasteiger partial charge < -0.3 is 15.5 Å². The van der Waals surface area contributed by atoms with E-state index < -0.39 is 0 Å². The summed E-state index contributed by atoms with van der Waals surface area (Å²) in [4.78, 5) is 11.0. The minimum atomic E-state index is -0.286. The second-order valence-corrected chi connectivity index (χ2v) is 3.30. The minimum absolute atomic E-state index is 0.286. The van der Waals surface area contributed by atoms with Crippen molar-refractivity contribution in [2.75, 3.05) is 20.2 Å². The summed E-state index contributed by atoms with van der Waals surface area (Å²) in [5.41, 5.74) is 6.95. The minimum Gasteiger partial charge on any atom is -0.463 e. The number of hydrogen-bond acceptors (Lipinski definition) is 5. The number of ether oxygens (including phenoxy) is 1. The fourth-order valence-corrected chi connectivity index (χ4v) is 1.17. The summed E-state index contributed by atoms with van der Waals surface area (Å²) in [6.45, 7) is 5.12. The third-order valence-corrected chi connectivity index (χ3v) is 1.89. The highest BCUT2D eigenvalue weighted by molar-refractivity contribution is 5.81. The summed E-state index contributed by atoms with van der Waals surface area (Å²) in [6, 6.07) is 0. The lowest BCUT2D eigenvalue weighted by atomic mass is 10.2. The Morgan fingerprint density at radius 2 is 2.12 bits per heavy atom. The molecule has 0 spiro atoms. The molecule has 0 amide bonds. The largest absolute Gasteiger partial charge is 0.463 e. The van der Waals surface area contributed by atoms with Gasteiger partial charge in [-0.25, -0.2) is 10.2 Å². The van der Waals surface area contributed by atoms with Gasteiger partial charge in [0.1, 0.15) is 0 Å². The van der Waals surface area contributed by atoms with E-state index in [4.69, 9.17) is 4.74 Å². The van der Waals surface area contributed by atoms with Crippen molar-refractivity contribution in [3.63, 3.8) is 0 Å². The lowest BCUT2D eigenvalue weighted by Gasteiger charge is -2.08. The van der Waals surface area contributed by atoms with E-state index in [0.717, 1.165) is 25.1 Å². The van der Waals surface area contributed by atoms with Gasteiger partial charge in [0.25, 0.3) is 0 Å². The first-order valence-electron chi connectivity index (χ1n) is 5.93. The summed E-state index contributed by atoms with van der Waals surface area (Å²) in [6.07, 6.45) is 6.81. The first-order chi connectivity index (χ1) is 8.24. The number of hydrogen-bond donors (Lipinski definition) is 3. The van der Waals surface area contributed by atoms with Crippen molar-refractivity contribution in [3.8, 4) is 0 Å². The molecule has 0 aliphatic carbocycles. The second kappa shape index (κ2) is 11.0. The maximum atomic E-state index is 11.0. The highest BCUT2D eigenvalue weighted by atomic mass is 16.5. The van der Waals surface area contributed by atoms with Crippen LogP contribution < -0.4 is 16.2 Å². The SMILES string of the molecule is CCN/C=C(/CC/C=C/C(=O)OCC)NNC. The van der Waals surface area contributed by atoms with Gasteiger partial charge in [0.05, 0.1) is 6.61 Å². The van der Waals surface area contributed by atoms with E-state index in [-0.39, 0.29) is 5.97 Å². The third-order valence-electron chi connectivity index (χ3n) is 1.89. The molecule has 0 aromatic rings. The van der Waals surface area contributed by atoms with E-state index in [0.29, 0.717) is 6.61 Å². The lowest BCUT2D eigenvalue weighted by molar-refractivity contribution is -0.137. The van der Waals surface area contributed by atoms with Gasteiger partial charge >= 0.3 is 5.97 Å². The zero-order chi connectivity index (χ0) is 12.9. The molecule has 3 N–H and O–H groups in total. The Balaban J connectivity index is 3.92. The Labute approximate surface area is 103 Å². The first kappa shape index (κ1) is 15.5. The van der Waals surface area contributed by atoms with Crippen LogP contribution in [0.2, 0.25) is 0 Å². The van der Waals surface area contributed by atoms with E-state index in [1.54, 1.807) is 6.92 Å². The molecular formula is C12H23N3O2. The summed E-state index contributed by atoms with van der Waals surface area (Å²) < 4.78 is 4.78. The number of rotatable bonds is 9. The fourth-order valence-electron chi connectivity index (χ4n) is 1.17. The highest BCUT2D eigenvalue weighted by Gasteiger charge is 1.95. The number of hydrazine groups is 1. The van der Waals surface area contributed by atoms with Gasteiger partial charge in [-0.3, -0.25) is 0 Å². The standard InChI is InChI=1S/C12H23N3O2/c1-4-14-10-11(15-13-3)8-6-7-9-12(16)17-5-2/h7,9-10,13-15H,4-6,8H2,1-3H3/b9-7+,11-10-. The Morgan fingerprint density at radius 1 is 1.35 bits per heavy atom. The van der Waals surface area contributed by atoms with E-state index in [9.17, 15) is 4.79 Å². The predicted molar refractivity (Wildman–Crippen MR) is 69.0 cm³/mol. The van der Waals surface area contributed by atoms with Crippen molar-refractivity contribution in [3.05, 3.63) is 24.0 Å². The average Bonchev–Trinajstić information content (AvgIpc) is 2.31. The van der Waals surface area contributed by atoms with E-state index in [1.807, 2.05) is 26.2 Å². The maximum absolute atomic E-state index is 11.0. The molecule has 0 atom stereocenters. The second-order valence-electron chi connectivity index (χ2n) is 3.30. The fraction of sp³-hybridized carbons (Fsp3) is 0.583. The van der Waals surface area contributed by atoms with Crippen molar-refractivity contribution >= 4 is 5.97 Å². The van der Waals surface area contributed by atoms with Gasteiger partial charge in [-0.05, 0) is 26.7 Å². The Morgan fingerprint density at radius 3 is 2.71 bits per heavy atom. The van der Waals surface area contributed by atoms with Crippen LogP contribution in [0, 0.1) is 0 Å². The third kappa shape index (κ3) is 9.44. The van der Waals surface area contributed by atoms with Gasteiger partial charge in [-0.1, -0.05) is 6.08 Å². The molecule has 0 bridgehead atoms. The quantitative estimate of drug-likeness (QED) is 0.320. The van der Waals surface area contributed by atoms with Gasteiger partial charge in [0, 0.05) is 31.6 Å². The molecule has 0 heterocycles. The normalized spacial score (nSPS) is 11.6. The molecule has 5 nitrogen and oxygen atoms in total. The Hall–Kier alpha value is -1.49. The van der Waals surface area contributed by atoms with Crippen molar-refractivity contribution in [1.82, 2.24) is 16.2 Å². The summed E-state index contributed by atoms with van der Waals surface area (Å²) >= 11 is 0. The highest BCUT2D eigenvalue weighted by Crippen LogP contribution is 2.00. The van der Waals surface area contributed by atoms with Crippen LogP contribution in [0.25, 0.3) is 0 Å². The molecule has 0 radical (unpaired) electrons. The molecule has 5 heteroatoms. The van der Waals surface area contributed by atoms with Crippen LogP contribution in [-0.4, -0.2) is 26.2 Å². The molecule has 0 aromatic heterocycles. The molecule has 98 valence electrons. The van der Waals surface area contributed by atoms with Crippen LogP contribution in [0.4, 0.5) is 0 Å². The molecule has 0 saturated heterocycles. The molecule has 0 fully saturated rings. The number of carbonyl (C=O) groups is 1. The average molecular weight is 241 g/mol. The number of esters is 1. The monoisotopic (exact) mass is 241 g/mol. The summed E-state index contributed by atoms with van der Waals surface area (Å²) in [5, 5.41) is 3.12. The van der Waals surface area contributed by atoms with Gasteiger partial charge in [-0.15, -0.1) is 0 Å². The van der Waals surface area contributed by atoms with Crippen molar-refractivity contribution in [2.45, 2.75) is 26.7 Å². The van der Waals surface area contributed by atoms with E-state index in [1.165, 1.54) is 6.08 Å². The summed E-state index contributed by atoms with van der Waals surface area (Å²) in [5.74, 6) is -0.286. The summed E-state index contributed by atoms with van der Waals surface area (Å²) in [7, 11) is 1.81. The molecule has 0 aliphatic rings. The van der Waals surface area contributed by atoms with Crippen LogP contribution in [0.5, 0.6) is 0 Å². The predicted octanol–water partition coefficient (Wildman–Crippen LogP) is 1.06. The van der Waals surface area contributed by atoms with Crippen LogP contribution >= 0.6 is 0 Å². The Bertz CT molecular complexity index is 262. The topological polar surface area (TPSA) is 62.4 Å². The maximum Gasteiger partial charge on any atom is 0.330 e. The molecule has 17 heavy (non-hydrogen) atoms. The van der Waals surface area contributed by atoms with Crippen LogP contribution in [-0.2, 0) is 9.53 Å². The van der Waals surface area contributed by atoms with E-state index in [2.05, 4.69) is 16.2 Å². The molecule has 0 aromatic carbocycles. The molecular weight excluding hydrogens is 218 g/mol. The first-order valence-corrected chi connectivity index (χ1v) is 5.93. The molecule has 0 unspecified atom stereocenters. The number of allylic oxidation sites excluding steroid dienone is 2. The van der Waals surface area contributed by atoms with Gasteiger partial charge in [-0.2, -0.15) is 0 Å². The Kier molecular flexibility index (Phi) is 10.0. The smallest absolute Gasteiger partial charge is 0.330 e. The zero-order valence-corrected chi connectivity index (χ0v) is 10.9. The number of nitrogens with one attached hydrogen (secondary N) is 3. The van der Waals surface area contributed by atoms with Crippen molar-refractivity contribution in [1.29, 1.82) is 0 Å².